The molecule has 1 rings (SSSR count). The van der Waals surface area contributed by atoms with Gasteiger partial charge in [-0.25, -0.2) is 0 Å². The molecule has 0 aromatic heterocycles. The van der Waals surface area contributed by atoms with Gasteiger partial charge in [-0.15, -0.1) is 0 Å². The highest BCUT2D eigenvalue weighted by Gasteiger charge is 2.46. The molecule has 13 heavy (non-hydrogen) atoms. The molecule has 0 aromatic carbocycles. The molecule has 0 amide bonds. The minimum absolute atomic E-state index is 0.116. The van der Waals surface area contributed by atoms with Gasteiger partial charge in [-0.1, -0.05) is 13.8 Å². The molecule has 4 nitrogen and oxygen atoms in total. The second kappa shape index (κ2) is 3.92. The fraction of sp³-hybridized carbons (Fsp3) is 1.00. The molecule has 1 aliphatic rings. The average molecular weight is 189 g/mol. The van der Waals surface area contributed by atoms with E-state index in [9.17, 15) is 5.11 Å². The van der Waals surface area contributed by atoms with Gasteiger partial charge in [0.25, 0.3) is 0 Å². The van der Waals surface area contributed by atoms with Crippen LogP contribution in [0.1, 0.15) is 20.3 Å². The molecule has 4 N–H and O–H groups in total. The van der Waals surface area contributed by atoms with Crippen LogP contribution in [0.3, 0.4) is 0 Å². The van der Waals surface area contributed by atoms with Crippen LogP contribution in [0.15, 0.2) is 0 Å². The lowest BCUT2D eigenvalue weighted by Crippen LogP contribution is -2.61. The van der Waals surface area contributed by atoms with Crippen molar-refractivity contribution in [2.75, 3.05) is 13.2 Å². The summed E-state index contributed by atoms with van der Waals surface area (Å²) in [5, 5.41) is 30.2. The van der Waals surface area contributed by atoms with E-state index in [4.69, 9.17) is 10.2 Å². The summed E-state index contributed by atoms with van der Waals surface area (Å²) in [6.45, 7) is 4.15. The van der Waals surface area contributed by atoms with Gasteiger partial charge in [0.05, 0.1) is 18.8 Å². The van der Waals surface area contributed by atoms with Crippen LogP contribution in [0.25, 0.3) is 0 Å². The summed E-state index contributed by atoms with van der Waals surface area (Å²) >= 11 is 0. The first-order valence-electron chi connectivity index (χ1n) is 4.69. The first-order chi connectivity index (χ1) is 5.98. The SMILES string of the molecule is CC1(C)C(O)CC1NCC(O)CO. The van der Waals surface area contributed by atoms with E-state index in [1.54, 1.807) is 0 Å². The van der Waals surface area contributed by atoms with Crippen LogP contribution in [0.2, 0.25) is 0 Å². The Labute approximate surface area is 78.6 Å². The Morgan fingerprint density at radius 2 is 2.15 bits per heavy atom. The monoisotopic (exact) mass is 189 g/mol. The van der Waals surface area contributed by atoms with Crippen molar-refractivity contribution in [2.45, 2.75) is 38.5 Å². The molecular formula is C9H19NO3. The Morgan fingerprint density at radius 3 is 2.54 bits per heavy atom. The van der Waals surface area contributed by atoms with E-state index >= 15 is 0 Å². The molecule has 0 bridgehead atoms. The maximum atomic E-state index is 9.42. The summed E-state index contributed by atoms with van der Waals surface area (Å²) in [7, 11) is 0. The molecule has 0 aromatic rings. The molecular weight excluding hydrogens is 170 g/mol. The van der Waals surface area contributed by atoms with Crippen molar-refractivity contribution in [1.82, 2.24) is 5.32 Å². The molecule has 0 aliphatic heterocycles. The highest BCUT2D eigenvalue weighted by molar-refractivity contribution is 5.01. The quantitative estimate of drug-likeness (QED) is 0.462. The zero-order valence-corrected chi connectivity index (χ0v) is 8.20. The standard InChI is InChI=1S/C9H19NO3/c1-9(2)7(3-8(9)13)10-4-6(12)5-11/h6-8,10-13H,3-5H2,1-2H3. The minimum atomic E-state index is -0.700. The largest absolute Gasteiger partial charge is 0.394 e. The Bertz CT molecular complexity index is 172. The van der Waals surface area contributed by atoms with Crippen molar-refractivity contribution in [1.29, 1.82) is 0 Å². The van der Waals surface area contributed by atoms with E-state index in [1.165, 1.54) is 0 Å². The van der Waals surface area contributed by atoms with E-state index in [0.717, 1.165) is 6.42 Å². The normalized spacial score (nSPS) is 33.9. The van der Waals surface area contributed by atoms with Gasteiger partial charge >= 0.3 is 0 Å². The van der Waals surface area contributed by atoms with Gasteiger partial charge in [-0.05, 0) is 6.42 Å². The van der Waals surface area contributed by atoms with Gasteiger partial charge in [0.15, 0.2) is 0 Å². The number of aliphatic hydroxyl groups is 3. The maximum Gasteiger partial charge on any atom is 0.0895 e. The summed E-state index contributed by atoms with van der Waals surface area (Å²) in [6, 6.07) is 0.240. The molecule has 78 valence electrons. The van der Waals surface area contributed by atoms with Crippen molar-refractivity contribution < 1.29 is 15.3 Å². The third-order valence-electron chi connectivity index (χ3n) is 3.03. The van der Waals surface area contributed by atoms with Crippen molar-refractivity contribution in [3.05, 3.63) is 0 Å². The minimum Gasteiger partial charge on any atom is -0.394 e. The second-order valence-electron chi connectivity index (χ2n) is 4.37. The Morgan fingerprint density at radius 1 is 1.54 bits per heavy atom. The van der Waals surface area contributed by atoms with Gasteiger partial charge in [-0.3, -0.25) is 0 Å². The van der Waals surface area contributed by atoms with E-state index in [1.807, 2.05) is 13.8 Å². The predicted octanol–water partition coefficient (Wildman–Crippen LogP) is -0.911. The number of aliphatic hydroxyl groups excluding tert-OH is 3. The van der Waals surface area contributed by atoms with Gasteiger partial charge in [0.1, 0.15) is 0 Å². The molecule has 1 fully saturated rings. The zero-order valence-electron chi connectivity index (χ0n) is 8.20. The van der Waals surface area contributed by atoms with Crippen molar-refractivity contribution in [3.63, 3.8) is 0 Å². The zero-order chi connectivity index (χ0) is 10.1. The van der Waals surface area contributed by atoms with Crippen LogP contribution in [-0.4, -0.2) is 46.7 Å². The van der Waals surface area contributed by atoms with E-state index in [0.29, 0.717) is 6.54 Å². The van der Waals surface area contributed by atoms with E-state index in [2.05, 4.69) is 5.32 Å². The predicted molar refractivity (Wildman–Crippen MR) is 49.3 cm³/mol. The lowest BCUT2D eigenvalue weighted by atomic mass is 9.64. The van der Waals surface area contributed by atoms with Gasteiger partial charge in [0.2, 0.25) is 0 Å². The summed E-state index contributed by atoms with van der Waals surface area (Å²) < 4.78 is 0. The van der Waals surface area contributed by atoms with Crippen LogP contribution in [-0.2, 0) is 0 Å². The second-order valence-corrected chi connectivity index (χ2v) is 4.37. The molecule has 1 saturated carbocycles. The third kappa shape index (κ3) is 2.20. The molecule has 0 radical (unpaired) electrons. The summed E-state index contributed by atoms with van der Waals surface area (Å²) in [6.07, 6.45) is -0.227. The van der Waals surface area contributed by atoms with E-state index < -0.39 is 6.10 Å². The van der Waals surface area contributed by atoms with E-state index in [-0.39, 0.29) is 24.2 Å². The lowest BCUT2D eigenvalue weighted by molar-refractivity contribution is -0.0757. The number of hydrogen-bond acceptors (Lipinski definition) is 4. The molecule has 1 aliphatic carbocycles. The first kappa shape index (κ1) is 10.9. The average Bonchev–Trinajstić information content (AvgIpc) is 2.11. The van der Waals surface area contributed by atoms with Crippen LogP contribution in [0.4, 0.5) is 0 Å². The highest BCUT2D eigenvalue weighted by atomic mass is 16.3. The van der Waals surface area contributed by atoms with Crippen LogP contribution in [0, 0.1) is 5.41 Å². The molecule has 0 heterocycles. The molecule has 0 spiro atoms. The fourth-order valence-corrected chi connectivity index (χ4v) is 1.59. The van der Waals surface area contributed by atoms with Crippen LogP contribution < -0.4 is 5.32 Å². The molecule has 4 heteroatoms. The number of rotatable bonds is 4. The topological polar surface area (TPSA) is 72.7 Å². The van der Waals surface area contributed by atoms with Gasteiger partial charge in [0, 0.05) is 18.0 Å². The molecule has 3 atom stereocenters. The first-order valence-corrected chi connectivity index (χ1v) is 4.69. The number of hydrogen-bond donors (Lipinski definition) is 4. The van der Waals surface area contributed by atoms with Gasteiger partial charge < -0.3 is 20.6 Å². The third-order valence-corrected chi connectivity index (χ3v) is 3.03. The van der Waals surface area contributed by atoms with Crippen molar-refractivity contribution in [2.24, 2.45) is 5.41 Å². The fourth-order valence-electron chi connectivity index (χ4n) is 1.59. The van der Waals surface area contributed by atoms with Crippen LogP contribution in [0.5, 0.6) is 0 Å². The summed E-state index contributed by atoms with van der Waals surface area (Å²) in [5.41, 5.74) is -0.116. The maximum absolute atomic E-state index is 9.42. The highest BCUT2D eigenvalue weighted by Crippen LogP contribution is 2.40. The summed E-state index contributed by atoms with van der Waals surface area (Å²) in [4.78, 5) is 0. The molecule has 0 saturated heterocycles. The summed E-state index contributed by atoms with van der Waals surface area (Å²) in [5.74, 6) is 0. The Balaban J connectivity index is 2.25. The molecule has 3 unspecified atom stereocenters. The smallest absolute Gasteiger partial charge is 0.0895 e. The Hall–Kier alpha value is -0.160. The lowest BCUT2D eigenvalue weighted by Gasteiger charge is -2.49. The number of nitrogens with one attached hydrogen (secondary N) is 1. The van der Waals surface area contributed by atoms with Gasteiger partial charge in [-0.2, -0.15) is 0 Å². The van der Waals surface area contributed by atoms with Crippen molar-refractivity contribution >= 4 is 0 Å². The van der Waals surface area contributed by atoms with Crippen LogP contribution >= 0.6 is 0 Å². The Kier molecular flexibility index (Phi) is 3.29. The van der Waals surface area contributed by atoms with Crippen molar-refractivity contribution in [3.8, 4) is 0 Å².